The number of aromatic nitrogens is 2. The van der Waals surface area contributed by atoms with E-state index in [0.29, 0.717) is 0 Å². The number of methoxy groups -OCH3 is 4. The van der Waals surface area contributed by atoms with Gasteiger partial charge in [-0.25, -0.2) is 0 Å². The van der Waals surface area contributed by atoms with Gasteiger partial charge in [0.25, 0.3) is 0 Å². The summed E-state index contributed by atoms with van der Waals surface area (Å²) in [5.41, 5.74) is 12.2. The van der Waals surface area contributed by atoms with Crippen molar-refractivity contribution in [3.05, 3.63) is 188 Å². The van der Waals surface area contributed by atoms with Gasteiger partial charge < -0.3 is 39.5 Å². The SMILES string of the molecule is COc1ccc(C2=C3CCC([N-]3)C(c3ccc(OC)cc3)=c3ccc([n-]3)=C(c3ccc(OC)cc3)C3CCC(=C(c4ccc(OC)cc4)c4ccc2[n-]4)[N-]3)cc1.[Ni+2]. The van der Waals surface area contributed by atoms with Gasteiger partial charge in [0.05, 0.1) is 28.4 Å². The van der Waals surface area contributed by atoms with E-state index in [-0.39, 0.29) is 28.6 Å². The first-order valence-corrected chi connectivity index (χ1v) is 19.0. The minimum atomic E-state index is -0.126. The summed E-state index contributed by atoms with van der Waals surface area (Å²) in [7, 11) is 6.76. The van der Waals surface area contributed by atoms with Crippen molar-refractivity contribution in [2.45, 2.75) is 37.8 Å². The third-order valence-corrected chi connectivity index (χ3v) is 11.1. The number of hydrogen-bond acceptors (Lipinski definition) is 4. The summed E-state index contributed by atoms with van der Waals surface area (Å²) >= 11 is 0. The first kappa shape index (κ1) is 37.9. The van der Waals surface area contributed by atoms with E-state index < -0.39 is 0 Å². The molecule has 57 heavy (non-hydrogen) atoms. The summed E-state index contributed by atoms with van der Waals surface area (Å²) in [6, 6.07) is 41.2. The second-order valence-corrected chi connectivity index (χ2v) is 14.2. The van der Waals surface area contributed by atoms with Gasteiger partial charge in [-0.2, -0.15) is 11.4 Å². The van der Waals surface area contributed by atoms with E-state index in [1.165, 1.54) is 0 Å². The molecular formula is C48H42N4NiO4-2. The average Bonchev–Trinajstić information content (AvgIpc) is 4.10. The molecule has 0 saturated carbocycles. The third-order valence-electron chi connectivity index (χ3n) is 11.1. The van der Waals surface area contributed by atoms with Crippen molar-refractivity contribution < 1.29 is 35.4 Å². The summed E-state index contributed by atoms with van der Waals surface area (Å²) in [6.07, 6.45) is 3.24. The summed E-state index contributed by atoms with van der Waals surface area (Å²) in [5, 5.41) is 12.9. The number of ether oxygens (including phenoxy) is 4. The standard InChI is InChI=1S/C48H42N4O4.Ni/c1-53-33-13-5-29(6-14-33)45-37-21-23-39(49-37)46(30-7-15-34(54-2)16-8-30)41-25-27-43(51-41)48(32-11-19-36(56-4)20-12-32)44-28-26-42(52-44)47(40-24-22-38(45)50-40)31-9-17-35(55-3)18-10-31;/h5-21,23,26,28,38,41H,22,24-25,27H2,1-4H3;/q-4;+2. The Morgan fingerprint density at radius 3 is 1.07 bits per heavy atom. The predicted molar refractivity (Wildman–Crippen MR) is 221 cm³/mol. The van der Waals surface area contributed by atoms with E-state index in [2.05, 4.69) is 72.8 Å². The molecule has 4 aromatic carbocycles. The number of fused-ring (bicyclic) bond motifs is 8. The van der Waals surface area contributed by atoms with Gasteiger partial charge in [-0.3, -0.25) is 0 Å². The first-order valence-electron chi connectivity index (χ1n) is 19.0. The van der Waals surface area contributed by atoms with E-state index >= 15 is 0 Å². The Bertz CT molecular complexity index is 2390. The molecule has 2 fully saturated rings. The van der Waals surface area contributed by atoms with Gasteiger partial charge in [-0.1, -0.05) is 120 Å². The van der Waals surface area contributed by atoms with Gasteiger partial charge in [-0.15, -0.1) is 22.1 Å². The number of rotatable bonds is 8. The second-order valence-electron chi connectivity index (χ2n) is 14.2. The van der Waals surface area contributed by atoms with Crippen LogP contribution in [-0.4, -0.2) is 40.5 Å². The molecule has 8 nitrogen and oxygen atoms in total. The van der Waals surface area contributed by atoms with Crippen molar-refractivity contribution in [2.24, 2.45) is 0 Å². The van der Waals surface area contributed by atoms with Crippen LogP contribution in [0.25, 0.3) is 32.9 Å². The van der Waals surface area contributed by atoms with Gasteiger partial charge in [0.1, 0.15) is 23.0 Å². The van der Waals surface area contributed by atoms with Crippen LogP contribution in [0.4, 0.5) is 0 Å². The van der Waals surface area contributed by atoms with Crippen LogP contribution in [0, 0.1) is 0 Å². The zero-order valence-corrected chi connectivity index (χ0v) is 33.3. The van der Waals surface area contributed by atoms with E-state index in [1.54, 1.807) is 28.4 Å². The minimum absolute atomic E-state index is 0. The topological polar surface area (TPSA) is 93.3 Å². The molecule has 2 unspecified atom stereocenters. The molecule has 290 valence electrons. The van der Waals surface area contributed by atoms with E-state index in [1.807, 2.05) is 48.5 Å². The Hall–Kier alpha value is -6.05. The second kappa shape index (κ2) is 16.2. The van der Waals surface area contributed by atoms with Crippen LogP contribution in [0.5, 0.6) is 23.0 Å². The van der Waals surface area contributed by atoms with Crippen molar-refractivity contribution >= 4 is 22.3 Å². The number of nitrogens with zero attached hydrogens (tertiary/aromatic N) is 4. The Labute approximate surface area is 343 Å². The molecule has 2 saturated heterocycles. The molecule has 5 heterocycles. The zero-order chi connectivity index (χ0) is 38.2. The molecule has 3 aliphatic heterocycles. The number of benzene rings is 4. The average molecular weight is 798 g/mol. The smallest absolute Gasteiger partial charge is 0.681 e. The molecule has 0 aliphatic carbocycles. The van der Waals surface area contributed by atoms with Crippen LogP contribution in [0.15, 0.2) is 133 Å². The molecule has 9 rings (SSSR count). The maximum Gasteiger partial charge on any atom is 2.00 e. The van der Waals surface area contributed by atoms with Gasteiger partial charge in [0, 0.05) is 0 Å². The van der Waals surface area contributed by atoms with Crippen LogP contribution >= 0.6 is 0 Å². The number of hydrogen-bond donors (Lipinski definition) is 0. The van der Waals surface area contributed by atoms with Gasteiger partial charge in [-0.05, 0) is 83.6 Å². The summed E-state index contributed by atoms with van der Waals surface area (Å²) in [5.74, 6) is 3.21. The van der Waals surface area contributed by atoms with E-state index in [9.17, 15) is 0 Å². The monoisotopic (exact) mass is 796 g/mol. The first-order chi connectivity index (χ1) is 27.5. The molecule has 0 N–H and O–H groups in total. The Morgan fingerprint density at radius 2 is 0.737 bits per heavy atom. The maximum absolute atomic E-state index is 5.55. The van der Waals surface area contributed by atoms with Crippen LogP contribution in [0.3, 0.4) is 0 Å². The Morgan fingerprint density at radius 1 is 0.404 bits per heavy atom. The fourth-order valence-electron chi connectivity index (χ4n) is 8.28. The van der Waals surface area contributed by atoms with Gasteiger partial charge >= 0.3 is 16.5 Å². The van der Waals surface area contributed by atoms with E-state index in [0.717, 1.165) is 127 Å². The zero-order valence-electron chi connectivity index (χ0n) is 32.3. The number of allylic oxidation sites excluding steroid dienone is 2. The summed E-state index contributed by atoms with van der Waals surface area (Å²) in [6.45, 7) is 0. The van der Waals surface area contributed by atoms with Crippen molar-refractivity contribution in [3.63, 3.8) is 0 Å². The van der Waals surface area contributed by atoms with Crippen LogP contribution < -0.4 is 39.6 Å². The quantitative estimate of drug-likeness (QED) is 0.144. The van der Waals surface area contributed by atoms with Crippen molar-refractivity contribution in [3.8, 4) is 23.0 Å². The molecule has 9 heteroatoms. The van der Waals surface area contributed by atoms with Crippen molar-refractivity contribution in [1.82, 2.24) is 9.97 Å². The summed E-state index contributed by atoms with van der Waals surface area (Å²) < 4.78 is 22.2. The van der Waals surface area contributed by atoms with Crippen molar-refractivity contribution in [1.29, 1.82) is 0 Å². The molecule has 0 amide bonds. The van der Waals surface area contributed by atoms with Gasteiger partial charge in [0.2, 0.25) is 0 Å². The molecule has 0 spiro atoms. The minimum Gasteiger partial charge on any atom is -0.681 e. The van der Waals surface area contributed by atoms with Crippen LogP contribution in [-0.2, 0) is 16.5 Å². The van der Waals surface area contributed by atoms with E-state index in [4.69, 9.17) is 39.5 Å². The predicted octanol–water partition coefficient (Wildman–Crippen LogP) is 8.34. The fourth-order valence-corrected chi connectivity index (χ4v) is 8.28. The largest absolute Gasteiger partial charge is 2.00 e. The summed E-state index contributed by atoms with van der Waals surface area (Å²) in [4.78, 5) is 10.9. The molecule has 2 aromatic heterocycles. The molecule has 2 atom stereocenters. The van der Waals surface area contributed by atoms with Crippen LogP contribution in [0.2, 0.25) is 0 Å². The van der Waals surface area contributed by atoms with Crippen molar-refractivity contribution in [2.75, 3.05) is 28.4 Å². The Balaban J connectivity index is 0.00000455. The fraction of sp³-hybridized carbons (Fsp3) is 0.208. The third kappa shape index (κ3) is 7.24. The molecular weight excluding hydrogens is 755 g/mol. The maximum atomic E-state index is 5.55. The molecule has 6 aromatic rings. The Kier molecular flexibility index (Phi) is 10.8. The van der Waals surface area contributed by atoms with Crippen LogP contribution in [0.1, 0.15) is 59.3 Å². The molecule has 3 aliphatic rings. The molecule has 0 radical (unpaired) electrons. The normalized spacial score (nSPS) is 17.5. The van der Waals surface area contributed by atoms with Gasteiger partial charge in [0.15, 0.2) is 0 Å². The molecule has 8 bridgehead atoms.